The zero-order valence-electron chi connectivity index (χ0n) is 10.4. The Morgan fingerprint density at radius 1 is 1.30 bits per heavy atom. The van der Waals surface area contributed by atoms with Gasteiger partial charge < -0.3 is 4.90 Å². The molecule has 1 aliphatic rings. The summed E-state index contributed by atoms with van der Waals surface area (Å²) in [6.07, 6.45) is -3.78. The molecule has 1 unspecified atom stereocenters. The molecule has 0 spiro atoms. The number of amides is 1. The summed E-state index contributed by atoms with van der Waals surface area (Å²) in [5.74, 6) is -1.79. The predicted octanol–water partition coefficient (Wildman–Crippen LogP) is 4.63. The molecule has 20 heavy (non-hydrogen) atoms. The molecule has 0 N–H and O–H groups in total. The Morgan fingerprint density at radius 2 is 2.00 bits per heavy atom. The number of benzene rings is 1. The van der Waals surface area contributed by atoms with Gasteiger partial charge in [-0.25, -0.2) is 0 Å². The highest BCUT2D eigenvalue weighted by Crippen LogP contribution is 2.34. The molecule has 1 heterocycles. The van der Waals surface area contributed by atoms with E-state index in [1.165, 1.54) is 4.90 Å². The topological polar surface area (TPSA) is 20.3 Å². The van der Waals surface area contributed by atoms with Gasteiger partial charge in [0.2, 0.25) is 0 Å². The van der Waals surface area contributed by atoms with Crippen LogP contribution < -0.4 is 0 Å². The lowest BCUT2D eigenvalue weighted by Crippen LogP contribution is -2.44. The smallest absolute Gasteiger partial charge is 0.338 e. The second-order valence-corrected chi connectivity index (χ2v) is 6.53. The molecule has 0 saturated carbocycles. The Kier molecular flexibility index (Phi) is 4.79. The molecule has 1 fully saturated rings. The lowest BCUT2D eigenvalue weighted by atomic mass is 9.97. The SMILES string of the molecule is O=C(c1cc(Br)ccc1Br)N1CCCC(C(F)(F)F)C1. The number of alkyl halides is 3. The highest BCUT2D eigenvalue weighted by Gasteiger charge is 2.42. The summed E-state index contributed by atoms with van der Waals surface area (Å²) in [6, 6.07) is 5.07. The predicted molar refractivity (Wildman–Crippen MR) is 76.5 cm³/mol. The molecule has 0 aliphatic carbocycles. The molecule has 1 aromatic rings. The van der Waals surface area contributed by atoms with Gasteiger partial charge in [0, 0.05) is 22.0 Å². The van der Waals surface area contributed by atoms with Crippen molar-refractivity contribution in [2.45, 2.75) is 19.0 Å². The highest BCUT2D eigenvalue weighted by molar-refractivity contribution is 9.11. The molecule has 1 aromatic carbocycles. The molecule has 1 atom stereocenters. The van der Waals surface area contributed by atoms with Gasteiger partial charge in [0.1, 0.15) is 0 Å². The van der Waals surface area contributed by atoms with E-state index in [1.807, 2.05) is 0 Å². The van der Waals surface area contributed by atoms with Gasteiger partial charge in [-0.2, -0.15) is 13.2 Å². The number of nitrogens with zero attached hydrogens (tertiary/aromatic N) is 1. The Balaban J connectivity index is 2.18. The minimum absolute atomic E-state index is 0.0902. The van der Waals surface area contributed by atoms with Crippen LogP contribution in [0.1, 0.15) is 23.2 Å². The molecule has 2 nitrogen and oxygen atoms in total. The van der Waals surface area contributed by atoms with Gasteiger partial charge in [0.15, 0.2) is 0 Å². The maximum atomic E-state index is 12.8. The van der Waals surface area contributed by atoms with Crippen LogP contribution in [0, 0.1) is 5.92 Å². The van der Waals surface area contributed by atoms with E-state index < -0.39 is 12.1 Å². The standard InChI is InChI=1S/C13H12Br2F3NO/c14-9-3-4-11(15)10(6-9)12(20)19-5-1-2-8(7-19)13(16,17)18/h3-4,6,8H,1-2,5,7H2. The Morgan fingerprint density at radius 3 is 2.65 bits per heavy atom. The van der Waals surface area contributed by atoms with Crippen LogP contribution >= 0.6 is 31.9 Å². The first-order valence-electron chi connectivity index (χ1n) is 6.10. The maximum absolute atomic E-state index is 12.8. The van der Waals surface area contributed by atoms with Crippen LogP contribution in [0.25, 0.3) is 0 Å². The van der Waals surface area contributed by atoms with Gasteiger partial charge in [-0.1, -0.05) is 15.9 Å². The molecule has 0 bridgehead atoms. The van der Waals surface area contributed by atoms with Crippen LogP contribution in [0.15, 0.2) is 27.1 Å². The van der Waals surface area contributed by atoms with Crippen LogP contribution in [0.5, 0.6) is 0 Å². The summed E-state index contributed by atoms with van der Waals surface area (Å²) in [5.41, 5.74) is 0.377. The van der Waals surface area contributed by atoms with Crippen molar-refractivity contribution in [1.29, 1.82) is 0 Å². The van der Waals surface area contributed by atoms with Crippen LogP contribution in [0.3, 0.4) is 0 Å². The van der Waals surface area contributed by atoms with E-state index in [-0.39, 0.29) is 18.9 Å². The Labute approximate surface area is 131 Å². The van der Waals surface area contributed by atoms with Gasteiger partial charge >= 0.3 is 6.18 Å². The van der Waals surface area contributed by atoms with Crippen molar-refractivity contribution >= 4 is 37.8 Å². The third kappa shape index (κ3) is 3.55. The van der Waals surface area contributed by atoms with Crippen molar-refractivity contribution in [2.75, 3.05) is 13.1 Å². The molecule has 7 heteroatoms. The van der Waals surface area contributed by atoms with Crippen molar-refractivity contribution in [3.05, 3.63) is 32.7 Å². The summed E-state index contributed by atoms with van der Waals surface area (Å²) in [4.78, 5) is 13.6. The average molecular weight is 415 g/mol. The second-order valence-electron chi connectivity index (χ2n) is 4.76. The molecule has 110 valence electrons. The molecule has 0 radical (unpaired) electrons. The van der Waals surface area contributed by atoms with E-state index in [0.717, 1.165) is 0 Å². The number of hydrogen-bond acceptors (Lipinski definition) is 1. The molecule has 2 rings (SSSR count). The maximum Gasteiger partial charge on any atom is 0.393 e. The number of rotatable bonds is 1. The molecule has 0 aromatic heterocycles. The van der Waals surface area contributed by atoms with Gasteiger partial charge in [-0.05, 0) is 47.0 Å². The molecular formula is C13H12Br2F3NO. The van der Waals surface area contributed by atoms with Crippen LogP contribution in [-0.2, 0) is 0 Å². The summed E-state index contributed by atoms with van der Waals surface area (Å²) < 4.78 is 39.6. The lowest BCUT2D eigenvalue weighted by molar-refractivity contribution is -0.184. The normalized spacial score (nSPS) is 20.1. The van der Waals surface area contributed by atoms with Gasteiger partial charge in [-0.15, -0.1) is 0 Å². The van der Waals surface area contributed by atoms with Crippen LogP contribution in [0.2, 0.25) is 0 Å². The molecule has 1 aliphatic heterocycles. The quantitative estimate of drug-likeness (QED) is 0.656. The van der Waals surface area contributed by atoms with E-state index in [9.17, 15) is 18.0 Å². The van der Waals surface area contributed by atoms with Crippen LogP contribution in [-0.4, -0.2) is 30.1 Å². The van der Waals surface area contributed by atoms with Crippen molar-refractivity contribution < 1.29 is 18.0 Å². The van der Waals surface area contributed by atoms with E-state index in [0.29, 0.717) is 27.5 Å². The first-order valence-corrected chi connectivity index (χ1v) is 7.68. The fraction of sp³-hybridized carbons (Fsp3) is 0.462. The zero-order chi connectivity index (χ0) is 14.9. The minimum atomic E-state index is -4.24. The monoisotopic (exact) mass is 413 g/mol. The zero-order valence-corrected chi connectivity index (χ0v) is 13.6. The molecular weight excluding hydrogens is 403 g/mol. The van der Waals surface area contributed by atoms with E-state index in [1.54, 1.807) is 18.2 Å². The van der Waals surface area contributed by atoms with Gasteiger partial charge in [-0.3, -0.25) is 4.79 Å². The summed E-state index contributed by atoms with van der Waals surface area (Å²) >= 11 is 6.52. The minimum Gasteiger partial charge on any atom is -0.338 e. The van der Waals surface area contributed by atoms with Crippen molar-refractivity contribution in [3.8, 4) is 0 Å². The second kappa shape index (κ2) is 6.05. The first-order chi connectivity index (χ1) is 9.29. The van der Waals surface area contributed by atoms with E-state index in [2.05, 4.69) is 31.9 Å². The highest BCUT2D eigenvalue weighted by atomic mass is 79.9. The van der Waals surface area contributed by atoms with E-state index in [4.69, 9.17) is 0 Å². The van der Waals surface area contributed by atoms with E-state index >= 15 is 0 Å². The Bertz CT molecular complexity index is 519. The summed E-state index contributed by atoms with van der Waals surface area (Å²) in [5, 5.41) is 0. The van der Waals surface area contributed by atoms with Crippen molar-refractivity contribution in [1.82, 2.24) is 4.90 Å². The fourth-order valence-corrected chi connectivity index (χ4v) is 3.04. The fourth-order valence-electron chi connectivity index (χ4n) is 2.26. The largest absolute Gasteiger partial charge is 0.393 e. The number of halogens is 5. The Hall–Kier alpha value is -0.560. The first kappa shape index (κ1) is 15.8. The lowest BCUT2D eigenvalue weighted by Gasteiger charge is -2.34. The van der Waals surface area contributed by atoms with Crippen molar-refractivity contribution in [3.63, 3.8) is 0 Å². The number of carbonyl (C=O) groups is 1. The van der Waals surface area contributed by atoms with Crippen molar-refractivity contribution in [2.24, 2.45) is 5.92 Å². The van der Waals surface area contributed by atoms with Gasteiger partial charge in [0.25, 0.3) is 5.91 Å². The molecule has 1 saturated heterocycles. The third-order valence-corrected chi connectivity index (χ3v) is 4.52. The average Bonchev–Trinajstić information content (AvgIpc) is 2.40. The summed E-state index contributed by atoms with van der Waals surface area (Å²) in [7, 11) is 0. The third-order valence-electron chi connectivity index (χ3n) is 3.33. The van der Waals surface area contributed by atoms with Gasteiger partial charge in [0.05, 0.1) is 11.5 Å². The summed E-state index contributed by atoms with van der Waals surface area (Å²) in [6.45, 7) is 0.103. The number of piperidine rings is 1. The molecule has 1 amide bonds. The number of likely N-dealkylation sites (tertiary alicyclic amines) is 1. The number of hydrogen-bond donors (Lipinski definition) is 0. The number of carbonyl (C=O) groups excluding carboxylic acids is 1. The van der Waals surface area contributed by atoms with Crippen LogP contribution in [0.4, 0.5) is 13.2 Å².